The Hall–Kier alpha value is -3.64. The van der Waals surface area contributed by atoms with Crippen LogP contribution in [0.25, 0.3) is 10.8 Å². The Morgan fingerprint density at radius 2 is 1.78 bits per heavy atom. The summed E-state index contributed by atoms with van der Waals surface area (Å²) in [4.78, 5) is 17.7. The number of hydrogen-bond acceptors (Lipinski definition) is 4. The van der Waals surface area contributed by atoms with Crippen LogP contribution < -0.4 is 16.5 Å². The number of hydroxylamine groups is 1. The number of carbonyl (C=O) groups excluding carboxylic acids is 1. The number of nitrogens with one attached hydrogen (secondary N) is 3. The number of carbonyl (C=O) groups is 1. The molecule has 0 fully saturated rings. The van der Waals surface area contributed by atoms with Gasteiger partial charge in [-0.3, -0.25) is 10.2 Å². The maximum absolute atomic E-state index is 12.6. The van der Waals surface area contributed by atoms with Gasteiger partial charge in [-0.1, -0.05) is 30.3 Å². The molecular weight excluding hydrogens is 340 g/mol. The number of amidine groups is 1. The maximum atomic E-state index is 12.6. The molecule has 0 spiro atoms. The third-order valence-electron chi connectivity index (χ3n) is 4.45. The highest BCUT2D eigenvalue weighted by Crippen LogP contribution is 2.23. The quantitative estimate of drug-likeness (QED) is 0.424. The highest BCUT2D eigenvalue weighted by molar-refractivity contribution is 6.07. The highest BCUT2D eigenvalue weighted by Gasteiger charge is 2.14. The van der Waals surface area contributed by atoms with Crippen molar-refractivity contribution < 1.29 is 9.63 Å². The average molecular weight is 358 g/mol. The Morgan fingerprint density at radius 3 is 2.48 bits per heavy atom. The lowest BCUT2D eigenvalue weighted by Gasteiger charge is -2.11. The Kier molecular flexibility index (Phi) is 4.32. The lowest BCUT2D eigenvalue weighted by atomic mass is 10.0. The van der Waals surface area contributed by atoms with Crippen LogP contribution in [0.5, 0.6) is 0 Å². The molecule has 0 saturated heterocycles. The number of nitrogen functional groups attached to an aromatic ring is 1. The van der Waals surface area contributed by atoms with Crippen LogP contribution in [0, 0.1) is 5.41 Å². The second kappa shape index (κ2) is 6.93. The first-order valence-electron chi connectivity index (χ1n) is 8.47. The van der Waals surface area contributed by atoms with E-state index in [0.29, 0.717) is 16.8 Å². The van der Waals surface area contributed by atoms with Gasteiger partial charge in [0.2, 0.25) is 0 Å². The van der Waals surface area contributed by atoms with Crippen molar-refractivity contribution in [3.63, 3.8) is 0 Å². The summed E-state index contributed by atoms with van der Waals surface area (Å²) < 4.78 is 0. The van der Waals surface area contributed by atoms with E-state index in [1.54, 1.807) is 18.4 Å². The molecule has 134 valence electrons. The van der Waals surface area contributed by atoms with Gasteiger partial charge in [-0.05, 0) is 52.7 Å². The zero-order valence-corrected chi connectivity index (χ0v) is 14.4. The Labute approximate surface area is 156 Å². The predicted octanol–water partition coefficient (Wildman–Crippen LogP) is 3.47. The van der Waals surface area contributed by atoms with E-state index in [-0.39, 0.29) is 17.8 Å². The molecule has 1 amide bonds. The topological polar surface area (TPSA) is 100 Å². The zero-order valence-electron chi connectivity index (χ0n) is 14.4. The normalized spacial score (nSPS) is 15.5. The minimum Gasteiger partial charge on any atom is -0.416 e. The molecule has 1 atom stereocenters. The summed E-state index contributed by atoms with van der Waals surface area (Å²) in [6.45, 7) is 0. The molecule has 0 bridgehead atoms. The lowest BCUT2D eigenvalue weighted by molar-refractivity contribution is 0.102. The van der Waals surface area contributed by atoms with Crippen molar-refractivity contribution in [1.82, 2.24) is 5.48 Å². The molecule has 1 heterocycles. The molecule has 1 unspecified atom stereocenters. The molecule has 0 aliphatic carbocycles. The van der Waals surface area contributed by atoms with E-state index in [2.05, 4.69) is 10.8 Å². The fraction of sp³-hybridized carbons (Fsp3) is 0.0476. The standard InChI is InChI=1S/C21H18N4O2/c22-20(23)16-6-4-14-11-17(7-5-13(14)10-16)21(26)24-18-3-1-2-15(12-18)19-8-9-27-25-19/h1-12,19,25H,(H3,22,23)(H,24,26). The molecule has 1 aliphatic heterocycles. The molecule has 3 aromatic rings. The van der Waals surface area contributed by atoms with Crippen LogP contribution in [-0.2, 0) is 4.84 Å². The van der Waals surface area contributed by atoms with Gasteiger partial charge in [-0.2, -0.15) is 0 Å². The van der Waals surface area contributed by atoms with Crippen LogP contribution in [0.2, 0.25) is 0 Å². The number of fused-ring (bicyclic) bond motifs is 1. The number of benzene rings is 3. The van der Waals surface area contributed by atoms with E-state index in [0.717, 1.165) is 16.3 Å². The number of nitrogens with two attached hydrogens (primary N) is 1. The summed E-state index contributed by atoms with van der Waals surface area (Å²) >= 11 is 0. The molecule has 0 radical (unpaired) electrons. The van der Waals surface area contributed by atoms with Gasteiger partial charge in [0, 0.05) is 16.8 Å². The van der Waals surface area contributed by atoms with Crippen molar-refractivity contribution in [2.75, 3.05) is 5.32 Å². The molecule has 1 aliphatic rings. The number of rotatable bonds is 4. The van der Waals surface area contributed by atoms with Gasteiger partial charge in [0.15, 0.2) is 0 Å². The minimum absolute atomic E-state index is 0.0237. The molecule has 0 saturated carbocycles. The van der Waals surface area contributed by atoms with Crippen LogP contribution in [0.4, 0.5) is 5.69 Å². The van der Waals surface area contributed by atoms with Crippen molar-refractivity contribution in [3.8, 4) is 0 Å². The summed E-state index contributed by atoms with van der Waals surface area (Å²) in [6.07, 6.45) is 3.50. The number of amides is 1. The van der Waals surface area contributed by atoms with Gasteiger partial charge in [-0.25, -0.2) is 0 Å². The third-order valence-corrected chi connectivity index (χ3v) is 4.45. The number of anilines is 1. The van der Waals surface area contributed by atoms with Crippen molar-refractivity contribution in [1.29, 1.82) is 5.41 Å². The van der Waals surface area contributed by atoms with Crippen molar-refractivity contribution in [2.24, 2.45) is 5.73 Å². The van der Waals surface area contributed by atoms with Gasteiger partial charge < -0.3 is 15.9 Å². The molecule has 5 N–H and O–H groups in total. The van der Waals surface area contributed by atoms with Crippen LogP contribution in [0.15, 0.2) is 73.0 Å². The van der Waals surface area contributed by atoms with E-state index < -0.39 is 0 Å². The summed E-state index contributed by atoms with van der Waals surface area (Å²) in [5, 5.41) is 12.3. The monoisotopic (exact) mass is 358 g/mol. The van der Waals surface area contributed by atoms with Crippen LogP contribution in [-0.4, -0.2) is 11.7 Å². The molecule has 4 rings (SSSR count). The maximum Gasteiger partial charge on any atom is 0.255 e. The van der Waals surface area contributed by atoms with E-state index in [1.165, 1.54) is 0 Å². The lowest BCUT2D eigenvalue weighted by Crippen LogP contribution is -2.14. The smallest absolute Gasteiger partial charge is 0.255 e. The second-order valence-electron chi connectivity index (χ2n) is 6.31. The van der Waals surface area contributed by atoms with Crippen LogP contribution in [0.1, 0.15) is 27.5 Å². The predicted molar refractivity (Wildman–Crippen MR) is 105 cm³/mol. The first-order chi connectivity index (χ1) is 13.1. The van der Waals surface area contributed by atoms with Gasteiger partial charge in [-0.15, -0.1) is 5.48 Å². The second-order valence-corrected chi connectivity index (χ2v) is 6.31. The first kappa shape index (κ1) is 16.8. The Bertz CT molecular complexity index is 1070. The van der Waals surface area contributed by atoms with Gasteiger partial charge >= 0.3 is 0 Å². The summed E-state index contributed by atoms with van der Waals surface area (Å²) in [7, 11) is 0. The summed E-state index contributed by atoms with van der Waals surface area (Å²) in [6, 6.07) is 18.5. The molecule has 0 aromatic heterocycles. The Morgan fingerprint density at radius 1 is 1.04 bits per heavy atom. The molecule has 6 nitrogen and oxygen atoms in total. The van der Waals surface area contributed by atoms with Gasteiger partial charge in [0.1, 0.15) is 12.1 Å². The van der Waals surface area contributed by atoms with Crippen LogP contribution in [0.3, 0.4) is 0 Å². The average Bonchev–Trinajstić information content (AvgIpc) is 3.22. The largest absolute Gasteiger partial charge is 0.416 e. The SMILES string of the molecule is N=C(N)c1ccc2cc(C(=O)Nc3cccc(C4C=CON4)c3)ccc2c1. The number of hydrogen-bond donors (Lipinski definition) is 4. The molecular formula is C21H18N4O2. The van der Waals surface area contributed by atoms with E-state index >= 15 is 0 Å². The fourth-order valence-electron chi connectivity index (χ4n) is 3.02. The minimum atomic E-state index is -0.184. The Balaban J connectivity index is 1.56. The molecule has 6 heteroatoms. The van der Waals surface area contributed by atoms with E-state index in [4.69, 9.17) is 16.0 Å². The van der Waals surface area contributed by atoms with Gasteiger partial charge in [0.25, 0.3) is 5.91 Å². The van der Waals surface area contributed by atoms with Crippen molar-refractivity contribution in [2.45, 2.75) is 6.04 Å². The van der Waals surface area contributed by atoms with Crippen molar-refractivity contribution >= 4 is 28.2 Å². The summed E-state index contributed by atoms with van der Waals surface area (Å²) in [5.41, 5.74) is 11.3. The fourth-order valence-corrected chi connectivity index (χ4v) is 3.02. The van der Waals surface area contributed by atoms with Gasteiger partial charge in [0.05, 0.1) is 6.04 Å². The first-order valence-corrected chi connectivity index (χ1v) is 8.47. The summed E-state index contributed by atoms with van der Waals surface area (Å²) in [5.74, 6) is -0.161. The van der Waals surface area contributed by atoms with Crippen molar-refractivity contribution in [3.05, 3.63) is 89.7 Å². The van der Waals surface area contributed by atoms with Crippen LogP contribution >= 0.6 is 0 Å². The third kappa shape index (κ3) is 3.51. The molecule has 27 heavy (non-hydrogen) atoms. The van der Waals surface area contributed by atoms with E-state index in [9.17, 15) is 4.79 Å². The molecule has 3 aromatic carbocycles. The zero-order chi connectivity index (χ0) is 18.8. The van der Waals surface area contributed by atoms with E-state index in [1.807, 2.05) is 54.6 Å². The highest BCUT2D eigenvalue weighted by atomic mass is 16.6.